The minimum atomic E-state index is -0.639. The fraction of sp³-hybridized carbons (Fsp3) is 0.462. The van der Waals surface area contributed by atoms with E-state index in [1.807, 2.05) is 13.0 Å². The number of carbonyl (C=O) groups is 2. The van der Waals surface area contributed by atoms with Crippen molar-refractivity contribution < 1.29 is 14.3 Å². The van der Waals surface area contributed by atoms with Gasteiger partial charge in [-0.1, -0.05) is 6.07 Å². The predicted octanol–water partition coefficient (Wildman–Crippen LogP) is 0.241. The maximum absolute atomic E-state index is 11.5. The summed E-state index contributed by atoms with van der Waals surface area (Å²) >= 11 is 0. The Morgan fingerprint density at radius 2 is 2.11 bits per heavy atom. The van der Waals surface area contributed by atoms with E-state index in [1.54, 1.807) is 18.5 Å². The summed E-state index contributed by atoms with van der Waals surface area (Å²) in [6.07, 6.45) is 3.98. The van der Waals surface area contributed by atoms with E-state index >= 15 is 0 Å². The number of pyridine rings is 1. The quantitative estimate of drug-likeness (QED) is 0.546. The van der Waals surface area contributed by atoms with Crippen LogP contribution in [0.1, 0.15) is 18.9 Å². The van der Waals surface area contributed by atoms with Crippen LogP contribution in [-0.2, 0) is 20.9 Å². The van der Waals surface area contributed by atoms with E-state index in [4.69, 9.17) is 4.74 Å². The molecule has 0 aliphatic rings. The molecule has 0 radical (unpaired) electrons. The van der Waals surface area contributed by atoms with Crippen LogP contribution in [0.25, 0.3) is 0 Å². The number of nitrogens with zero attached hydrogens (tertiary/aromatic N) is 1. The Morgan fingerprint density at radius 1 is 1.32 bits per heavy atom. The summed E-state index contributed by atoms with van der Waals surface area (Å²) in [5.74, 6) is -1.26. The summed E-state index contributed by atoms with van der Waals surface area (Å²) in [5, 5.41) is 5.06. The lowest BCUT2D eigenvalue weighted by Crippen LogP contribution is -2.40. The molecule has 6 nitrogen and oxygen atoms in total. The van der Waals surface area contributed by atoms with Gasteiger partial charge in [0.05, 0.1) is 0 Å². The highest BCUT2D eigenvalue weighted by atomic mass is 16.5. The van der Waals surface area contributed by atoms with Crippen molar-refractivity contribution in [2.24, 2.45) is 0 Å². The van der Waals surface area contributed by atoms with Crippen LogP contribution in [0.3, 0.4) is 0 Å². The van der Waals surface area contributed by atoms with E-state index in [0.717, 1.165) is 5.56 Å². The second kappa shape index (κ2) is 9.04. The van der Waals surface area contributed by atoms with Crippen molar-refractivity contribution in [1.29, 1.82) is 0 Å². The number of ether oxygens (including phenoxy) is 1. The SMILES string of the molecule is CCOCCCNC(=O)C(=O)NCc1cccnc1. The highest BCUT2D eigenvalue weighted by Crippen LogP contribution is 1.93. The molecule has 0 saturated carbocycles. The summed E-state index contributed by atoms with van der Waals surface area (Å²) < 4.78 is 5.12. The standard InChI is InChI=1S/C13H19N3O3/c1-2-19-8-4-7-15-12(17)13(18)16-10-11-5-3-6-14-9-11/h3,5-6,9H,2,4,7-8,10H2,1H3,(H,15,17)(H,16,18). The lowest BCUT2D eigenvalue weighted by molar-refractivity contribution is -0.139. The molecule has 0 saturated heterocycles. The van der Waals surface area contributed by atoms with Gasteiger partial charge in [-0.3, -0.25) is 14.6 Å². The zero-order valence-corrected chi connectivity index (χ0v) is 11.0. The molecule has 19 heavy (non-hydrogen) atoms. The van der Waals surface area contributed by atoms with Gasteiger partial charge in [0.2, 0.25) is 0 Å². The average Bonchev–Trinajstić information content (AvgIpc) is 2.45. The van der Waals surface area contributed by atoms with Crippen molar-refractivity contribution in [3.8, 4) is 0 Å². The number of amides is 2. The van der Waals surface area contributed by atoms with Crippen molar-refractivity contribution in [3.63, 3.8) is 0 Å². The predicted molar refractivity (Wildman–Crippen MR) is 70.2 cm³/mol. The Bertz CT molecular complexity index is 395. The summed E-state index contributed by atoms with van der Waals surface area (Å²) in [6.45, 7) is 3.86. The molecule has 0 fully saturated rings. The number of nitrogens with one attached hydrogen (secondary N) is 2. The molecule has 0 bridgehead atoms. The Morgan fingerprint density at radius 3 is 2.79 bits per heavy atom. The first-order valence-corrected chi connectivity index (χ1v) is 6.26. The van der Waals surface area contributed by atoms with Crippen LogP contribution in [0.15, 0.2) is 24.5 Å². The molecule has 0 atom stereocenters. The average molecular weight is 265 g/mol. The van der Waals surface area contributed by atoms with Crippen LogP contribution >= 0.6 is 0 Å². The van der Waals surface area contributed by atoms with Gasteiger partial charge in [0, 0.05) is 38.7 Å². The van der Waals surface area contributed by atoms with Gasteiger partial charge in [0.25, 0.3) is 0 Å². The summed E-state index contributed by atoms with van der Waals surface area (Å²) in [7, 11) is 0. The molecule has 2 N–H and O–H groups in total. The number of aromatic nitrogens is 1. The third-order valence-electron chi connectivity index (χ3n) is 2.34. The van der Waals surface area contributed by atoms with Crippen molar-refractivity contribution in [2.45, 2.75) is 19.9 Å². The van der Waals surface area contributed by atoms with Gasteiger partial charge in [-0.05, 0) is 25.0 Å². The molecule has 0 aliphatic heterocycles. The number of rotatable bonds is 7. The van der Waals surface area contributed by atoms with Gasteiger partial charge in [-0.2, -0.15) is 0 Å². The van der Waals surface area contributed by atoms with Crippen LogP contribution in [-0.4, -0.2) is 36.6 Å². The number of hydrogen-bond donors (Lipinski definition) is 2. The molecule has 1 rings (SSSR count). The number of carbonyl (C=O) groups excluding carboxylic acids is 2. The second-order valence-corrected chi connectivity index (χ2v) is 3.85. The first-order chi connectivity index (χ1) is 9.24. The van der Waals surface area contributed by atoms with Gasteiger partial charge >= 0.3 is 11.8 Å². The molecular formula is C13H19N3O3. The summed E-state index contributed by atoms with van der Waals surface area (Å²) in [5.41, 5.74) is 0.847. The minimum absolute atomic E-state index is 0.291. The van der Waals surface area contributed by atoms with Crippen LogP contribution in [0.4, 0.5) is 0 Å². The molecule has 1 aromatic heterocycles. The molecule has 6 heteroatoms. The molecule has 0 spiro atoms. The summed E-state index contributed by atoms with van der Waals surface area (Å²) in [6, 6.07) is 3.60. The van der Waals surface area contributed by atoms with Crippen molar-refractivity contribution in [1.82, 2.24) is 15.6 Å². The van der Waals surface area contributed by atoms with Crippen LogP contribution in [0, 0.1) is 0 Å². The maximum Gasteiger partial charge on any atom is 0.309 e. The van der Waals surface area contributed by atoms with E-state index in [1.165, 1.54) is 0 Å². The third-order valence-corrected chi connectivity index (χ3v) is 2.34. The smallest absolute Gasteiger partial charge is 0.309 e. The normalized spacial score (nSPS) is 9.95. The fourth-order valence-corrected chi connectivity index (χ4v) is 1.37. The van der Waals surface area contributed by atoms with E-state index in [-0.39, 0.29) is 0 Å². The van der Waals surface area contributed by atoms with Crippen molar-refractivity contribution >= 4 is 11.8 Å². The molecule has 1 heterocycles. The highest BCUT2D eigenvalue weighted by molar-refractivity contribution is 6.35. The van der Waals surface area contributed by atoms with E-state index in [9.17, 15) is 9.59 Å². The van der Waals surface area contributed by atoms with Crippen LogP contribution in [0.5, 0.6) is 0 Å². The van der Waals surface area contributed by atoms with E-state index in [0.29, 0.717) is 32.7 Å². The van der Waals surface area contributed by atoms with Crippen LogP contribution in [0.2, 0.25) is 0 Å². The molecule has 0 aromatic carbocycles. The van der Waals surface area contributed by atoms with E-state index < -0.39 is 11.8 Å². The largest absolute Gasteiger partial charge is 0.382 e. The van der Waals surface area contributed by atoms with Crippen molar-refractivity contribution in [3.05, 3.63) is 30.1 Å². The first kappa shape index (κ1) is 15.1. The topological polar surface area (TPSA) is 80.3 Å². The summed E-state index contributed by atoms with van der Waals surface area (Å²) in [4.78, 5) is 26.8. The Kier molecular flexibility index (Phi) is 7.19. The van der Waals surface area contributed by atoms with Crippen LogP contribution < -0.4 is 10.6 Å². The third kappa shape index (κ3) is 6.52. The molecule has 2 amide bonds. The zero-order chi connectivity index (χ0) is 13.9. The molecule has 0 aliphatic carbocycles. The molecular weight excluding hydrogens is 246 g/mol. The van der Waals surface area contributed by atoms with Gasteiger partial charge in [-0.25, -0.2) is 0 Å². The molecule has 0 unspecified atom stereocenters. The Hall–Kier alpha value is -1.95. The highest BCUT2D eigenvalue weighted by Gasteiger charge is 2.11. The molecule has 104 valence electrons. The van der Waals surface area contributed by atoms with Gasteiger partial charge in [0.1, 0.15) is 0 Å². The lowest BCUT2D eigenvalue weighted by atomic mass is 10.3. The fourth-order valence-electron chi connectivity index (χ4n) is 1.37. The van der Waals surface area contributed by atoms with Gasteiger partial charge in [0.15, 0.2) is 0 Å². The monoisotopic (exact) mass is 265 g/mol. The first-order valence-electron chi connectivity index (χ1n) is 6.26. The number of hydrogen-bond acceptors (Lipinski definition) is 4. The van der Waals surface area contributed by atoms with Gasteiger partial charge in [-0.15, -0.1) is 0 Å². The zero-order valence-electron chi connectivity index (χ0n) is 11.0. The Balaban J connectivity index is 2.16. The second-order valence-electron chi connectivity index (χ2n) is 3.85. The Labute approximate surface area is 112 Å². The van der Waals surface area contributed by atoms with Crippen molar-refractivity contribution in [2.75, 3.05) is 19.8 Å². The van der Waals surface area contributed by atoms with E-state index in [2.05, 4.69) is 15.6 Å². The lowest BCUT2D eigenvalue weighted by Gasteiger charge is -2.06. The molecule has 1 aromatic rings. The van der Waals surface area contributed by atoms with Gasteiger partial charge < -0.3 is 15.4 Å². The minimum Gasteiger partial charge on any atom is -0.382 e. The maximum atomic E-state index is 11.5.